The molecule has 0 radical (unpaired) electrons. The third-order valence-electron chi connectivity index (χ3n) is 2.05. The molecule has 3 nitrogen and oxygen atoms in total. The second-order valence-electron chi connectivity index (χ2n) is 2.96. The van der Waals surface area contributed by atoms with Crippen molar-refractivity contribution in [3.05, 3.63) is 29.8 Å². The van der Waals surface area contributed by atoms with E-state index >= 15 is 0 Å². The summed E-state index contributed by atoms with van der Waals surface area (Å²) >= 11 is 0. The Balaban J connectivity index is 2.18. The Morgan fingerprint density at radius 1 is 1.15 bits per heavy atom. The van der Waals surface area contributed by atoms with Crippen LogP contribution in [0.4, 0.5) is 0 Å². The summed E-state index contributed by atoms with van der Waals surface area (Å²) in [5.41, 5.74) is 1.28. The van der Waals surface area contributed by atoms with E-state index < -0.39 is 29.3 Å². The van der Waals surface area contributed by atoms with E-state index in [2.05, 4.69) is 19.1 Å². The van der Waals surface area contributed by atoms with Gasteiger partial charge < -0.3 is 12.3 Å². The summed E-state index contributed by atoms with van der Waals surface area (Å²) in [4.78, 5) is 0. The first-order valence-electron chi connectivity index (χ1n) is 4.24. The molecule has 1 saturated heterocycles. The Morgan fingerprint density at radius 3 is 2.54 bits per heavy atom. The number of aryl methyl sites for hydroxylation is 1. The molecule has 1 fully saturated rings. The predicted molar refractivity (Wildman–Crippen MR) is 58.3 cm³/mol. The van der Waals surface area contributed by atoms with Crippen LogP contribution in [0.25, 0.3) is 0 Å². The van der Waals surface area contributed by atoms with Gasteiger partial charge in [0, 0.05) is 0 Å². The maximum atomic E-state index is 5.61. The summed E-state index contributed by atoms with van der Waals surface area (Å²) in [7, 11) is -2.93. The van der Waals surface area contributed by atoms with Crippen LogP contribution in [0.15, 0.2) is 24.3 Å². The van der Waals surface area contributed by atoms with E-state index in [4.69, 9.17) is 12.3 Å². The second-order valence-corrected chi connectivity index (χ2v) is 9.02. The Hall–Kier alpha value is -0.249. The third-order valence-corrected chi connectivity index (χ3v) is 8.05. The lowest BCUT2D eigenvalue weighted by atomic mass is 10.2. The van der Waals surface area contributed by atoms with Gasteiger partial charge in [0.1, 0.15) is 0 Å². The molecule has 0 spiro atoms. The van der Waals surface area contributed by atoms with Gasteiger partial charge in [0.15, 0.2) is 0 Å². The average Bonchev–Trinajstić information content (AvgIpc) is 2.20. The molecule has 0 N–H and O–H groups in total. The van der Waals surface area contributed by atoms with Gasteiger partial charge in [-0.05, 0) is 17.7 Å². The van der Waals surface area contributed by atoms with Gasteiger partial charge in [-0.2, -0.15) is 0 Å². The molecule has 13 heavy (non-hydrogen) atoms. The maximum Gasteiger partial charge on any atom is 0.337 e. The smallest absolute Gasteiger partial charge is 0.337 e. The van der Waals surface area contributed by atoms with Crippen molar-refractivity contribution in [1.29, 1.82) is 0 Å². The second kappa shape index (κ2) is 4.31. The highest BCUT2D eigenvalue weighted by Gasteiger charge is 2.21. The fraction of sp³-hybridized carbons (Fsp3) is 0.143. The van der Waals surface area contributed by atoms with E-state index in [0.717, 1.165) is 0 Å². The van der Waals surface area contributed by atoms with Crippen molar-refractivity contribution in [3.63, 3.8) is 0 Å². The topological polar surface area (TPSA) is 27.7 Å². The number of benzene rings is 1. The van der Waals surface area contributed by atoms with Crippen LogP contribution in [0.5, 0.6) is 0 Å². The van der Waals surface area contributed by atoms with Gasteiger partial charge in [0.2, 0.25) is 0 Å². The van der Waals surface area contributed by atoms with Gasteiger partial charge in [0.05, 0.1) is 0 Å². The van der Waals surface area contributed by atoms with Gasteiger partial charge in [-0.25, -0.2) is 0 Å². The van der Waals surface area contributed by atoms with E-state index in [9.17, 15) is 0 Å². The molecule has 0 saturated carbocycles. The first kappa shape index (κ1) is 9.31. The number of hydrogen-bond donors (Lipinski definition) is 0. The molecule has 1 aliphatic rings. The fourth-order valence-electron chi connectivity index (χ4n) is 1.33. The Kier molecular flexibility index (Phi) is 3.09. The monoisotopic (exact) mass is 228 g/mol. The van der Waals surface area contributed by atoms with Gasteiger partial charge >= 0.3 is 9.28 Å². The highest BCUT2D eigenvalue weighted by Crippen LogP contribution is 2.00. The zero-order valence-electron chi connectivity index (χ0n) is 7.53. The molecule has 0 unspecified atom stereocenters. The van der Waals surface area contributed by atoms with E-state index in [1.165, 1.54) is 10.8 Å². The third kappa shape index (κ3) is 2.16. The predicted octanol–water partition coefficient (Wildman–Crippen LogP) is -1.52. The molecule has 6 heteroatoms. The zero-order valence-corrected chi connectivity index (χ0v) is 11.5. The van der Waals surface area contributed by atoms with Crippen molar-refractivity contribution in [3.8, 4) is 0 Å². The lowest BCUT2D eigenvalue weighted by molar-refractivity contribution is 0.333. The van der Waals surface area contributed by atoms with Crippen molar-refractivity contribution in [2.75, 3.05) is 0 Å². The Morgan fingerprint density at radius 2 is 1.85 bits per heavy atom. The highest BCUT2D eigenvalue weighted by molar-refractivity contribution is 6.71. The van der Waals surface area contributed by atoms with Gasteiger partial charge in [0.25, 0.3) is 20.0 Å². The van der Waals surface area contributed by atoms with Crippen LogP contribution in [-0.4, -0.2) is 29.3 Å². The van der Waals surface area contributed by atoms with Crippen molar-refractivity contribution >= 4 is 34.5 Å². The van der Waals surface area contributed by atoms with Crippen molar-refractivity contribution in [2.24, 2.45) is 0 Å². The minimum atomic E-state index is -1.53. The molecular weight excluding hydrogens is 216 g/mol. The summed E-state index contributed by atoms with van der Waals surface area (Å²) in [6.45, 7) is 2.10. The van der Waals surface area contributed by atoms with Crippen molar-refractivity contribution < 1.29 is 12.3 Å². The molecule has 1 aromatic carbocycles. The van der Waals surface area contributed by atoms with Crippen molar-refractivity contribution in [1.82, 2.24) is 0 Å². The molecule has 70 valence electrons. The van der Waals surface area contributed by atoms with E-state index in [1.54, 1.807) is 0 Å². The first-order chi connectivity index (χ1) is 6.38. The van der Waals surface area contributed by atoms with Crippen LogP contribution < -0.4 is 5.19 Å². The number of rotatable bonds is 1. The molecule has 1 aliphatic heterocycles. The van der Waals surface area contributed by atoms with Gasteiger partial charge in [-0.15, -0.1) is 0 Å². The summed E-state index contributed by atoms with van der Waals surface area (Å²) in [6, 6.07) is 8.30. The molecule has 0 amide bonds. The lowest BCUT2D eigenvalue weighted by Gasteiger charge is -2.23. The summed E-state index contributed by atoms with van der Waals surface area (Å²) in [6.07, 6.45) is 0. The Labute approximate surface area is 84.0 Å². The molecule has 0 aromatic heterocycles. The first-order valence-corrected chi connectivity index (χ1v) is 8.07. The van der Waals surface area contributed by atoms with Crippen LogP contribution in [0, 0.1) is 6.92 Å². The molecular formula is C7H12O3Si3. The quantitative estimate of drug-likeness (QED) is 0.547. The standard InChI is InChI=1S/C7H12O3Si3/c1-6-4-2-3-5-7(6)13-9-11-8-12-10-13/h2-5,13H,11-12H2,1H3. The Bertz CT molecular complexity index is 288. The largest absolute Gasteiger partial charge is 0.425 e. The summed E-state index contributed by atoms with van der Waals surface area (Å²) < 4.78 is 16.5. The fourth-order valence-corrected chi connectivity index (χ4v) is 8.52. The molecule has 1 heterocycles. The molecule has 1 aromatic rings. The van der Waals surface area contributed by atoms with Crippen LogP contribution in [0.3, 0.4) is 0 Å². The van der Waals surface area contributed by atoms with E-state index in [-0.39, 0.29) is 0 Å². The molecule has 0 atom stereocenters. The normalized spacial score (nSPS) is 26.7. The SMILES string of the molecule is Cc1ccccc1[SiH]1O[SiH2]O[SiH2]O1. The average molecular weight is 228 g/mol. The zero-order chi connectivity index (χ0) is 9.10. The number of hydrogen-bond acceptors (Lipinski definition) is 3. The van der Waals surface area contributed by atoms with Gasteiger partial charge in [-0.1, -0.05) is 24.3 Å². The van der Waals surface area contributed by atoms with E-state index in [1.807, 2.05) is 12.1 Å². The van der Waals surface area contributed by atoms with Crippen LogP contribution >= 0.6 is 0 Å². The van der Waals surface area contributed by atoms with Gasteiger partial charge in [-0.3, -0.25) is 0 Å². The minimum absolute atomic E-state index is 0.700. The summed E-state index contributed by atoms with van der Waals surface area (Å²) in [5, 5.41) is 1.28. The highest BCUT2D eigenvalue weighted by atomic mass is 28.4. The maximum absolute atomic E-state index is 5.61. The van der Waals surface area contributed by atoms with Crippen LogP contribution in [0.1, 0.15) is 5.56 Å². The van der Waals surface area contributed by atoms with Crippen LogP contribution in [-0.2, 0) is 12.3 Å². The minimum Gasteiger partial charge on any atom is -0.425 e. The summed E-state index contributed by atoms with van der Waals surface area (Å²) in [5.74, 6) is 0. The van der Waals surface area contributed by atoms with Crippen LogP contribution in [0.2, 0.25) is 0 Å². The lowest BCUT2D eigenvalue weighted by Crippen LogP contribution is -2.45. The van der Waals surface area contributed by atoms with Crippen molar-refractivity contribution in [2.45, 2.75) is 6.92 Å². The molecule has 0 aliphatic carbocycles. The molecule has 2 rings (SSSR count). The van der Waals surface area contributed by atoms with E-state index in [0.29, 0.717) is 0 Å². The molecule has 0 bridgehead atoms.